The zero-order valence-corrected chi connectivity index (χ0v) is 18.4. The van der Waals surface area contributed by atoms with E-state index < -0.39 is 0 Å². The molecule has 0 aliphatic carbocycles. The number of thioether (sulfide) groups is 1. The number of aromatic nitrogens is 2. The van der Waals surface area contributed by atoms with Crippen LogP contribution >= 0.6 is 23.1 Å². The number of hydrogen-bond acceptors (Lipinski definition) is 8. The predicted molar refractivity (Wildman–Crippen MR) is 123 cm³/mol. The monoisotopic (exact) mass is 466 g/mol. The molecule has 0 saturated heterocycles. The van der Waals surface area contributed by atoms with Gasteiger partial charge >= 0.3 is 0 Å². The summed E-state index contributed by atoms with van der Waals surface area (Å²) in [6, 6.07) is 13.4. The van der Waals surface area contributed by atoms with Crippen LogP contribution in [0.2, 0.25) is 0 Å². The molecule has 162 valence electrons. The maximum atomic E-state index is 12.6. The van der Waals surface area contributed by atoms with Crippen molar-refractivity contribution in [2.45, 2.75) is 10.8 Å². The van der Waals surface area contributed by atoms with E-state index in [-0.39, 0.29) is 24.4 Å². The molecule has 1 N–H and O–H groups in total. The van der Waals surface area contributed by atoms with Crippen molar-refractivity contribution in [2.75, 3.05) is 29.3 Å². The fourth-order valence-electron chi connectivity index (χ4n) is 3.45. The Morgan fingerprint density at radius 3 is 2.97 bits per heavy atom. The SMILES string of the molecule is O=C(/C=C\c1ccc2c(c1)OCO2)Nc1nnc(SCC(=O)N2CCc3ccccc32)s1. The first-order valence-electron chi connectivity index (χ1n) is 9.89. The van der Waals surface area contributed by atoms with Crippen LogP contribution in [0.3, 0.4) is 0 Å². The third-order valence-corrected chi connectivity index (χ3v) is 6.92. The Morgan fingerprint density at radius 2 is 2.03 bits per heavy atom. The molecule has 2 aromatic carbocycles. The summed E-state index contributed by atoms with van der Waals surface area (Å²) >= 11 is 2.56. The Morgan fingerprint density at radius 1 is 1.16 bits per heavy atom. The van der Waals surface area contributed by atoms with Gasteiger partial charge in [-0.3, -0.25) is 14.9 Å². The third-order valence-electron chi connectivity index (χ3n) is 4.97. The number of carbonyl (C=O) groups is 2. The highest BCUT2D eigenvalue weighted by Gasteiger charge is 2.24. The van der Waals surface area contributed by atoms with Crippen molar-refractivity contribution in [3.63, 3.8) is 0 Å². The minimum atomic E-state index is -0.319. The predicted octanol–water partition coefficient (Wildman–Crippen LogP) is 3.60. The molecule has 0 saturated carbocycles. The minimum Gasteiger partial charge on any atom is -0.454 e. The van der Waals surface area contributed by atoms with E-state index in [1.165, 1.54) is 34.7 Å². The van der Waals surface area contributed by atoms with Crippen molar-refractivity contribution < 1.29 is 19.1 Å². The average molecular weight is 467 g/mol. The number of para-hydroxylation sites is 1. The van der Waals surface area contributed by atoms with E-state index in [0.29, 0.717) is 27.5 Å². The molecule has 1 aromatic heterocycles. The Hall–Kier alpha value is -3.37. The second-order valence-corrected chi connectivity index (χ2v) is 9.22. The zero-order chi connectivity index (χ0) is 21.9. The van der Waals surface area contributed by atoms with Gasteiger partial charge in [0, 0.05) is 18.3 Å². The van der Waals surface area contributed by atoms with Gasteiger partial charge in [0.05, 0.1) is 5.75 Å². The maximum Gasteiger partial charge on any atom is 0.250 e. The summed E-state index contributed by atoms with van der Waals surface area (Å²) in [7, 11) is 0. The molecule has 0 bridgehead atoms. The van der Waals surface area contributed by atoms with Gasteiger partial charge < -0.3 is 14.4 Å². The normalized spacial score (nSPS) is 14.1. The van der Waals surface area contributed by atoms with Gasteiger partial charge in [-0.1, -0.05) is 47.4 Å². The van der Waals surface area contributed by atoms with Crippen LogP contribution in [0.5, 0.6) is 11.5 Å². The van der Waals surface area contributed by atoms with Crippen molar-refractivity contribution in [3.8, 4) is 11.5 Å². The molecule has 2 amide bonds. The number of amides is 2. The molecule has 0 fully saturated rings. The van der Waals surface area contributed by atoms with Crippen LogP contribution in [0.25, 0.3) is 6.08 Å². The van der Waals surface area contributed by atoms with Crippen molar-refractivity contribution in [2.24, 2.45) is 0 Å². The van der Waals surface area contributed by atoms with Gasteiger partial charge in [-0.15, -0.1) is 10.2 Å². The van der Waals surface area contributed by atoms with E-state index >= 15 is 0 Å². The molecular weight excluding hydrogens is 448 g/mol. The molecule has 2 aliphatic rings. The van der Waals surface area contributed by atoms with Crippen molar-refractivity contribution in [1.82, 2.24) is 10.2 Å². The number of carbonyl (C=O) groups excluding carboxylic acids is 2. The van der Waals surface area contributed by atoms with Crippen LogP contribution in [0, 0.1) is 0 Å². The molecule has 0 atom stereocenters. The minimum absolute atomic E-state index is 0.0346. The molecule has 2 aliphatic heterocycles. The molecule has 10 heteroatoms. The average Bonchev–Trinajstić information content (AvgIpc) is 3.55. The Balaban J connectivity index is 1.13. The van der Waals surface area contributed by atoms with Gasteiger partial charge in [-0.2, -0.15) is 0 Å². The largest absolute Gasteiger partial charge is 0.454 e. The van der Waals surface area contributed by atoms with E-state index in [1.807, 2.05) is 35.2 Å². The Bertz CT molecular complexity index is 1210. The number of hydrogen-bond donors (Lipinski definition) is 1. The van der Waals surface area contributed by atoms with Gasteiger partial charge in [0.25, 0.3) is 0 Å². The van der Waals surface area contributed by atoms with Crippen LogP contribution in [-0.4, -0.2) is 41.1 Å². The summed E-state index contributed by atoms with van der Waals surface area (Å²) in [5.74, 6) is 1.33. The highest BCUT2D eigenvalue weighted by Crippen LogP contribution is 2.33. The lowest BCUT2D eigenvalue weighted by molar-refractivity contribution is -0.116. The van der Waals surface area contributed by atoms with E-state index in [0.717, 1.165) is 17.7 Å². The quantitative estimate of drug-likeness (QED) is 0.337. The first-order valence-corrected chi connectivity index (χ1v) is 11.7. The van der Waals surface area contributed by atoms with E-state index in [9.17, 15) is 9.59 Å². The van der Waals surface area contributed by atoms with Gasteiger partial charge in [-0.25, -0.2) is 0 Å². The van der Waals surface area contributed by atoms with Crippen molar-refractivity contribution in [3.05, 3.63) is 59.7 Å². The van der Waals surface area contributed by atoms with Gasteiger partial charge in [0.15, 0.2) is 15.8 Å². The molecule has 32 heavy (non-hydrogen) atoms. The summed E-state index contributed by atoms with van der Waals surface area (Å²) in [5, 5.41) is 11.1. The van der Waals surface area contributed by atoms with Crippen LogP contribution in [0.15, 0.2) is 52.9 Å². The topological polar surface area (TPSA) is 93.6 Å². The highest BCUT2D eigenvalue weighted by molar-refractivity contribution is 8.01. The van der Waals surface area contributed by atoms with Crippen molar-refractivity contribution in [1.29, 1.82) is 0 Å². The molecule has 0 unspecified atom stereocenters. The number of rotatable bonds is 6. The van der Waals surface area contributed by atoms with Gasteiger partial charge in [-0.05, 0) is 41.8 Å². The summed E-state index contributed by atoms with van der Waals surface area (Å²) in [6.45, 7) is 0.906. The first-order chi connectivity index (χ1) is 15.7. The van der Waals surface area contributed by atoms with Gasteiger partial charge in [0.1, 0.15) is 0 Å². The Labute approximate surface area is 192 Å². The lowest BCUT2D eigenvalue weighted by Crippen LogP contribution is -2.30. The Kier molecular flexibility index (Phi) is 5.78. The second kappa shape index (κ2) is 9.01. The highest BCUT2D eigenvalue weighted by atomic mass is 32.2. The molecule has 3 aromatic rings. The third kappa shape index (κ3) is 4.46. The summed E-state index contributed by atoms with van der Waals surface area (Å²) < 4.78 is 11.2. The van der Waals surface area contributed by atoms with Crippen molar-refractivity contribution >= 4 is 51.8 Å². The summed E-state index contributed by atoms with van der Waals surface area (Å²) in [5.41, 5.74) is 3.00. The lowest BCUT2D eigenvalue weighted by Gasteiger charge is -2.16. The molecular formula is C22H18N4O4S2. The number of fused-ring (bicyclic) bond motifs is 2. The summed E-state index contributed by atoms with van der Waals surface area (Å²) in [4.78, 5) is 26.6. The molecule has 0 spiro atoms. The number of anilines is 2. The standard InChI is InChI=1S/C22H18N4O4S2/c27-19(8-6-14-5-7-17-18(11-14)30-13-29-17)23-21-24-25-22(32-21)31-12-20(28)26-10-9-15-3-1-2-4-16(15)26/h1-8,11H,9-10,12-13H2,(H,23,24,27)/b8-6-. The molecule has 0 radical (unpaired) electrons. The van der Waals surface area contributed by atoms with Gasteiger partial charge in [0.2, 0.25) is 23.7 Å². The van der Waals surface area contributed by atoms with Crippen LogP contribution < -0.4 is 19.7 Å². The van der Waals surface area contributed by atoms with Crippen LogP contribution in [0.1, 0.15) is 11.1 Å². The first kappa shape index (κ1) is 20.5. The molecule has 8 nitrogen and oxygen atoms in total. The molecule has 5 rings (SSSR count). The smallest absolute Gasteiger partial charge is 0.250 e. The van der Waals surface area contributed by atoms with E-state index in [1.54, 1.807) is 12.1 Å². The number of benzene rings is 2. The maximum absolute atomic E-state index is 12.6. The number of nitrogens with zero attached hydrogens (tertiary/aromatic N) is 3. The molecule has 3 heterocycles. The van der Waals surface area contributed by atoms with E-state index in [2.05, 4.69) is 21.6 Å². The van der Waals surface area contributed by atoms with E-state index in [4.69, 9.17) is 9.47 Å². The lowest BCUT2D eigenvalue weighted by atomic mass is 10.2. The summed E-state index contributed by atoms with van der Waals surface area (Å²) in [6.07, 6.45) is 3.97. The number of ether oxygens (including phenoxy) is 2. The zero-order valence-electron chi connectivity index (χ0n) is 16.8. The second-order valence-electron chi connectivity index (χ2n) is 7.02. The van der Waals surface area contributed by atoms with Crippen LogP contribution in [-0.2, 0) is 16.0 Å². The fourth-order valence-corrected chi connectivity index (χ4v) is 5.08. The fraction of sp³-hybridized carbons (Fsp3) is 0.182. The van der Waals surface area contributed by atoms with Crippen LogP contribution in [0.4, 0.5) is 10.8 Å². The number of nitrogens with one attached hydrogen (secondary N) is 1.